The van der Waals surface area contributed by atoms with Crippen molar-refractivity contribution in [1.29, 1.82) is 0 Å². The van der Waals surface area contributed by atoms with E-state index in [0.717, 1.165) is 6.42 Å². The fourth-order valence-corrected chi connectivity index (χ4v) is 2.11. The van der Waals surface area contributed by atoms with Crippen molar-refractivity contribution < 1.29 is 4.79 Å². The van der Waals surface area contributed by atoms with Crippen LogP contribution >= 0.6 is 0 Å². The minimum atomic E-state index is 0.0691. The molecule has 0 N–H and O–H groups in total. The molecule has 0 atom stereocenters. The highest BCUT2D eigenvalue weighted by molar-refractivity contribution is 5.76. The van der Waals surface area contributed by atoms with Crippen LogP contribution < -0.4 is 0 Å². The van der Waals surface area contributed by atoms with Gasteiger partial charge in [-0.3, -0.25) is 0 Å². The van der Waals surface area contributed by atoms with Crippen LogP contribution in [-0.2, 0) is 11.2 Å². The fraction of sp³-hybridized carbons (Fsp3) is 0.500. The number of Topliss-reactive ketones (excluding diaryl/α,β-unsaturated/α-hetero) is 1. The summed E-state index contributed by atoms with van der Waals surface area (Å²) in [6.07, 6.45) is 1.62. The molecule has 0 heterocycles. The zero-order chi connectivity index (χ0) is 11.5. The topological polar surface area (TPSA) is 17.1 Å². The predicted molar refractivity (Wildman–Crippen MR) is 64.0 cm³/mol. The maximum atomic E-state index is 11.1. The molecule has 0 saturated heterocycles. The monoisotopic (exact) mass is 204 g/mol. The Balaban J connectivity index is 2.72. The Kier molecular flexibility index (Phi) is 3.67. The Morgan fingerprint density at radius 3 is 2.53 bits per heavy atom. The van der Waals surface area contributed by atoms with E-state index in [-0.39, 0.29) is 11.2 Å². The van der Waals surface area contributed by atoms with E-state index in [1.165, 1.54) is 11.1 Å². The van der Waals surface area contributed by atoms with Crippen LogP contribution in [0.4, 0.5) is 0 Å². The van der Waals surface area contributed by atoms with E-state index in [1.54, 1.807) is 6.92 Å². The molecule has 0 spiro atoms. The maximum Gasteiger partial charge on any atom is 0.130 e. The van der Waals surface area contributed by atoms with Crippen LogP contribution in [0.5, 0.6) is 0 Å². The zero-order valence-electron chi connectivity index (χ0n) is 10.1. The van der Waals surface area contributed by atoms with Crippen molar-refractivity contribution in [3.05, 3.63) is 35.4 Å². The van der Waals surface area contributed by atoms with Gasteiger partial charge in [-0.2, -0.15) is 0 Å². The van der Waals surface area contributed by atoms with Crippen molar-refractivity contribution in [2.75, 3.05) is 0 Å². The van der Waals surface area contributed by atoms with E-state index >= 15 is 0 Å². The second-order valence-corrected chi connectivity index (χ2v) is 5.21. The Bertz CT molecular complexity index is 350. The number of hydrogen-bond acceptors (Lipinski definition) is 1. The van der Waals surface area contributed by atoms with Gasteiger partial charge < -0.3 is 4.79 Å². The first-order valence-corrected chi connectivity index (χ1v) is 5.44. The number of carbonyl (C=O) groups excluding carboxylic acids is 1. The summed E-state index contributed by atoms with van der Waals surface area (Å²) < 4.78 is 0. The molecular weight excluding hydrogens is 184 g/mol. The number of benzene rings is 1. The minimum absolute atomic E-state index is 0.0691. The van der Waals surface area contributed by atoms with Gasteiger partial charge in [0.15, 0.2) is 0 Å². The number of aryl methyl sites for hydroxylation is 1. The summed E-state index contributed by atoms with van der Waals surface area (Å²) in [6, 6.07) is 8.51. The summed E-state index contributed by atoms with van der Waals surface area (Å²) >= 11 is 0. The third-order valence-electron chi connectivity index (χ3n) is 2.49. The highest BCUT2D eigenvalue weighted by atomic mass is 16.1. The van der Waals surface area contributed by atoms with Crippen LogP contribution in [0, 0.1) is 12.3 Å². The minimum Gasteiger partial charge on any atom is -0.300 e. The lowest BCUT2D eigenvalue weighted by atomic mass is 9.81. The second-order valence-electron chi connectivity index (χ2n) is 5.21. The quantitative estimate of drug-likeness (QED) is 0.733. The van der Waals surface area contributed by atoms with Crippen LogP contribution in [0.15, 0.2) is 24.3 Å². The summed E-state index contributed by atoms with van der Waals surface area (Å²) in [4.78, 5) is 11.1. The van der Waals surface area contributed by atoms with Gasteiger partial charge in [-0.05, 0) is 31.2 Å². The third-order valence-corrected chi connectivity index (χ3v) is 2.49. The van der Waals surface area contributed by atoms with Gasteiger partial charge in [-0.1, -0.05) is 43.7 Å². The zero-order valence-corrected chi connectivity index (χ0v) is 10.1. The fourth-order valence-electron chi connectivity index (χ4n) is 2.11. The molecule has 0 unspecified atom stereocenters. The number of rotatable bonds is 4. The van der Waals surface area contributed by atoms with Gasteiger partial charge in [0.1, 0.15) is 5.78 Å². The summed E-state index contributed by atoms with van der Waals surface area (Å²) in [7, 11) is 0. The van der Waals surface area contributed by atoms with E-state index in [9.17, 15) is 4.79 Å². The average Bonchev–Trinajstić information content (AvgIpc) is 1.99. The smallest absolute Gasteiger partial charge is 0.130 e. The van der Waals surface area contributed by atoms with E-state index in [4.69, 9.17) is 0 Å². The molecule has 0 aliphatic carbocycles. The average molecular weight is 204 g/mol. The van der Waals surface area contributed by atoms with Crippen molar-refractivity contribution in [3.8, 4) is 0 Å². The van der Waals surface area contributed by atoms with Crippen LogP contribution in [0.3, 0.4) is 0 Å². The molecule has 0 bridgehead atoms. The van der Waals surface area contributed by atoms with Crippen molar-refractivity contribution in [2.45, 2.75) is 40.5 Å². The van der Waals surface area contributed by atoms with Crippen molar-refractivity contribution in [1.82, 2.24) is 0 Å². The molecule has 1 rings (SSSR count). The highest BCUT2D eigenvalue weighted by Gasteiger charge is 2.20. The normalized spacial score (nSPS) is 11.5. The Morgan fingerprint density at radius 2 is 2.00 bits per heavy atom. The molecule has 1 nitrogen and oxygen atoms in total. The third kappa shape index (κ3) is 4.28. The van der Waals surface area contributed by atoms with Crippen LogP contribution in [0.2, 0.25) is 0 Å². The molecule has 1 heteroatoms. The van der Waals surface area contributed by atoms with Gasteiger partial charge in [-0.25, -0.2) is 0 Å². The molecule has 82 valence electrons. The van der Waals surface area contributed by atoms with E-state index in [0.29, 0.717) is 6.42 Å². The van der Waals surface area contributed by atoms with Crippen LogP contribution in [0.25, 0.3) is 0 Å². The summed E-state index contributed by atoms with van der Waals surface area (Å²) in [6.45, 7) is 8.06. The molecule has 1 aromatic rings. The molecule has 0 aliphatic heterocycles. The Hall–Kier alpha value is -1.11. The lowest BCUT2D eigenvalue weighted by Crippen LogP contribution is -2.18. The Labute approximate surface area is 92.5 Å². The molecule has 0 saturated carbocycles. The van der Waals surface area contributed by atoms with E-state index in [1.807, 2.05) is 0 Å². The first kappa shape index (κ1) is 12.0. The lowest BCUT2D eigenvalue weighted by molar-refractivity contribution is -0.118. The van der Waals surface area contributed by atoms with Crippen molar-refractivity contribution in [3.63, 3.8) is 0 Å². The van der Waals surface area contributed by atoms with Crippen molar-refractivity contribution >= 4 is 5.78 Å². The largest absolute Gasteiger partial charge is 0.300 e. The summed E-state index contributed by atoms with van der Waals surface area (Å²) in [5, 5.41) is 0. The van der Waals surface area contributed by atoms with Gasteiger partial charge in [0.05, 0.1) is 0 Å². The maximum absolute atomic E-state index is 11.1. The number of carbonyl (C=O) groups is 1. The first-order valence-electron chi connectivity index (χ1n) is 5.44. The first-order chi connectivity index (χ1) is 6.89. The van der Waals surface area contributed by atoms with E-state index in [2.05, 4.69) is 45.0 Å². The Morgan fingerprint density at radius 1 is 1.33 bits per heavy atom. The van der Waals surface area contributed by atoms with Gasteiger partial charge in [-0.15, -0.1) is 0 Å². The van der Waals surface area contributed by atoms with Gasteiger partial charge in [0.2, 0.25) is 0 Å². The molecule has 15 heavy (non-hydrogen) atoms. The molecule has 0 aliphatic rings. The summed E-state index contributed by atoms with van der Waals surface area (Å²) in [5.41, 5.74) is 2.67. The molecule has 0 aromatic heterocycles. The lowest BCUT2D eigenvalue weighted by Gasteiger charge is -2.23. The molecule has 0 fully saturated rings. The molecular formula is C14H20O. The van der Waals surface area contributed by atoms with Gasteiger partial charge in [0, 0.05) is 6.42 Å². The van der Waals surface area contributed by atoms with Gasteiger partial charge in [0.25, 0.3) is 0 Å². The van der Waals surface area contributed by atoms with Crippen molar-refractivity contribution in [2.24, 2.45) is 5.41 Å². The van der Waals surface area contributed by atoms with Crippen LogP contribution in [-0.4, -0.2) is 5.78 Å². The number of hydrogen-bond donors (Lipinski definition) is 0. The molecule has 1 aromatic carbocycles. The second kappa shape index (κ2) is 4.61. The molecule has 0 radical (unpaired) electrons. The summed E-state index contributed by atoms with van der Waals surface area (Å²) in [5.74, 6) is 0.271. The van der Waals surface area contributed by atoms with Gasteiger partial charge >= 0.3 is 0 Å². The van der Waals surface area contributed by atoms with Crippen LogP contribution in [0.1, 0.15) is 38.3 Å². The standard InChI is InChI=1S/C14H20O/c1-11-6-5-7-13(8-11)10-14(3,4)9-12(2)15/h5-8H,9-10H2,1-4H3. The highest BCUT2D eigenvalue weighted by Crippen LogP contribution is 2.26. The SMILES string of the molecule is CC(=O)CC(C)(C)Cc1cccc(C)c1. The number of ketones is 1. The molecule has 0 amide bonds. The van der Waals surface area contributed by atoms with E-state index < -0.39 is 0 Å². The predicted octanol–water partition coefficient (Wildman–Crippen LogP) is 3.54.